The molecule has 1 saturated heterocycles. The van der Waals surface area contributed by atoms with E-state index in [0.29, 0.717) is 18.0 Å². The fourth-order valence-corrected chi connectivity index (χ4v) is 1.07. The highest BCUT2D eigenvalue weighted by Gasteiger charge is 2.30. The Bertz CT molecular complexity index is 179. The maximum absolute atomic E-state index is 10.4. The molecule has 0 saturated carbocycles. The molecule has 1 rings (SSSR count). The SMILES string of the molecule is O=CC1SC(=O)NC1=O. The quantitative estimate of drug-likeness (QED) is 0.400. The van der Waals surface area contributed by atoms with E-state index in [1.54, 1.807) is 0 Å². The topological polar surface area (TPSA) is 63.2 Å². The number of rotatable bonds is 1. The van der Waals surface area contributed by atoms with Gasteiger partial charge in [-0.05, 0) is 11.8 Å². The van der Waals surface area contributed by atoms with E-state index in [9.17, 15) is 14.4 Å². The molecule has 0 spiro atoms. The van der Waals surface area contributed by atoms with E-state index < -0.39 is 16.4 Å². The van der Waals surface area contributed by atoms with Gasteiger partial charge in [0.1, 0.15) is 11.5 Å². The Hall–Kier alpha value is -0.840. The number of hydrogen-bond donors (Lipinski definition) is 1. The van der Waals surface area contributed by atoms with Crippen molar-refractivity contribution in [1.29, 1.82) is 0 Å². The zero-order valence-corrected chi connectivity index (χ0v) is 5.10. The molecule has 0 aromatic carbocycles. The Morgan fingerprint density at radius 1 is 1.56 bits per heavy atom. The minimum absolute atomic E-state index is 0.447. The van der Waals surface area contributed by atoms with Crippen LogP contribution < -0.4 is 5.32 Å². The van der Waals surface area contributed by atoms with Crippen LogP contribution in [0, 0.1) is 0 Å². The summed E-state index contributed by atoms with van der Waals surface area (Å²) in [6.07, 6.45) is 0.449. The molecule has 0 aromatic heterocycles. The van der Waals surface area contributed by atoms with Crippen molar-refractivity contribution in [1.82, 2.24) is 5.32 Å². The standard InChI is InChI=1S/C4H3NO3S/c6-1-2-3(7)5-4(8)9-2/h1-2H,(H,5,7,8). The average molecular weight is 145 g/mol. The smallest absolute Gasteiger partial charge is 0.286 e. The van der Waals surface area contributed by atoms with E-state index >= 15 is 0 Å². The van der Waals surface area contributed by atoms with Crippen molar-refractivity contribution >= 4 is 29.2 Å². The second kappa shape index (κ2) is 2.18. The van der Waals surface area contributed by atoms with E-state index in [1.807, 2.05) is 5.32 Å². The molecule has 0 aromatic rings. The Morgan fingerprint density at radius 2 is 2.22 bits per heavy atom. The van der Waals surface area contributed by atoms with Gasteiger partial charge >= 0.3 is 0 Å². The molecular formula is C4H3NO3S. The molecule has 1 atom stereocenters. The fraction of sp³-hybridized carbons (Fsp3) is 0.250. The molecule has 1 aliphatic heterocycles. The second-order valence-electron chi connectivity index (χ2n) is 1.45. The van der Waals surface area contributed by atoms with Crippen LogP contribution in [0.1, 0.15) is 0 Å². The first-order chi connectivity index (χ1) is 4.24. The molecule has 5 heteroatoms. The van der Waals surface area contributed by atoms with Crippen molar-refractivity contribution < 1.29 is 14.4 Å². The molecule has 1 unspecified atom stereocenters. The summed E-state index contributed by atoms with van der Waals surface area (Å²) in [4.78, 5) is 30.7. The summed E-state index contributed by atoms with van der Waals surface area (Å²) < 4.78 is 0. The molecule has 1 heterocycles. The van der Waals surface area contributed by atoms with Crippen LogP contribution in [0.15, 0.2) is 0 Å². The lowest BCUT2D eigenvalue weighted by Gasteiger charge is -1.86. The van der Waals surface area contributed by atoms with Crippen LogP contribution in [0.5, 0.6) is 0 Å². The molecule has 0 aliphatic carbocycles. The average Bonchev–Trinajstić information content (AvgIpc) is 2.10. The van der Waals surface area contributed by atoms with Gasteiger partial charge in [0.05, 0.1) is 0 Å². The van der Waals surface area contributed by atoms with Crippen LogP contribution in [0.25, 0.3) is 0 Å². The lowest BCUT2D eigenvalue weighted by atomic mass is 10.4. The molecule has 1 N–H and O–H groups in total. The van der Waals surface area contributed by atoms with Crippen molar-refractivity contribution in [2.75, 3.05) is 0 Å². The van der Waals surface area contributed by atoms with Gasteiger partial charge in [-0.2, -0.15) is 0 Å². The number of nitrogens with one attached hydrogen (secondary N) is 1. The lowest BCUT2D eigenvalue weighted by Crippen LogP contribution is -2.24. The summed E-state index contributed by atoms with van der Waals surface area (Å²) in [6.45, 7) is 0. The van der Waals surface area contributed by atoms with E-state index in [0.717, 1.165) is 0 Å². The summed E-state index contributed by atoms with van der Waals surface area (Å²) >= 11 is 0.706. The van der Waals surface area contributed by atoms with Crippen LogP contribution >= 0.6 is 11.8 Å². The highest BCUT2D eigenvalue weighted by atomic mass is 32.2. The molecular weight excluding hydrogens is 142 g/mol. The van der Waals surface area contributed by atoms with E-state index in [-0.39, 0.29) is 0 Å². The van der Waals surface area contributed by atoms with Crippen LogP contribution in [-0.2, 0) is 9.59 Å². The van der Waals surface area contributed by atoms with Gasteiger partial charge in [0.2, 0.25) is 5.91 Å². The summed E-state index contributed by atoms with van der Waals surface area (Å²) in [5.41, 5.74) is 0. The fourth-order valence-electron chi connectivity index (χ4n) is 0.460. The lowest BCUT2D eigenvalue weighted by molar-refractivity contribution is -0.121. The first-order valence-electron chi connectivity index (χ1n) is 2.21. The van der Waals surface area contributed by atoms with Crippen LogP contribution in [-0.4, -0.2) is 22.7 Å². The van der Waals surface area contributed by atoms with Gasteiger partial charge in [0.25, 0.3) is 5.24 Å². The van der Waals surface area contributed by atoms with Crippen LogP contribution in [0.4, 0.5) is 4.79 Å². The largest absolute Gasteiger partial charge is 0.302 e. The van der Waals surface area contributed by atoms with Crippen molar-refractivity contribution in [2.24, 2.45) is 0 Å². The van der Waals surface area contributed by atoms with E-state index in [4.69, 9.17) is 0 Å². The van der Waals surface area contributed by atoms with Gasteiger partial charge in [-0.1, -0.05) is 0 Å². The van der Waals surface area contributed by atoms with Crippen molar-refractivity contribution in [3.05, 3.63) is 0 Å². The minimum Gasteiger partial charge on any atom is -0.302 e. The van der Waals surface area contributed by atoms with Gasteiger partial charge in [0, 0.05) is 0 Å². The van der Waals surface area contributed by atoms with E-state index in [1.165, 1.54) is 0 Å². The van der Waals surface area contributed by atoms with Gasteiger partial charge in [-0.15, -0.1) is 0 Å². The number of imide groups is 1. The first kappa shape index (κ1) is 6.28. The number of hydrogen-bond acceptors (Lipinski definition) is 4. The normalized spacial score (nSPS) is 26.0. The second-order valence-corrected chi connectivity index (χ2v) is 2.57. The van der Waals surface area contributed by atoms with Crippen molar-refractivity contribution in [2.45, 2.75) is 5.25 Å². The van der Waals surface area contributed by atoms with Crippen LogP contribution in [0.3, 0.4) is 0 Å². The molecule has 0 radical (unpaired) electrons. The number of carbonyl (C=O) groups excluding carboxylic acids is 3. The van der Waals surface area contributed by atoms with Gasteiger partial charge in [0.15, 0.2) is 0 Å². The number of amides is 2. The Kier molecular flexibility index (Phi) is 1.52. The van der Waals surface area contributed by atoms with E-state index in [2.05, 4.69) is 0 Å². The maximum atomic E-state index is 10.4. The Balaban J connectivity index is 2.68. The number of aldehydes is 1. The first-order valence-corrected chi connectivity index (χ1v) is 3.09. The molecule has 2 amide bonds. The zero-order valence-electron chi connectivity index (χ0n) is 4.29. The predicted octanol–water partition coefficient (Wildman–Crippen LogP) is -0.463. The summed E-state index contributed by atoms with van der Waals surface area (Å²) in [7, 11) is 0. The summed E-state index contributed by atoms with van der Waals surface area (Å²) in [5, 5.41) is 0.703. The predicted molar refractivity (Wildman–Crippen MR) is 31.0 cm³/mol. The van der Waals surface area contributed by atoms with Crippen molar-refractivity contribution in [3.63, 3.8) is 0 Å². The highest BCUT2D eigenvalue weighted by Crippen LogP contribution is 2.15. The number of carbonyl (C=O) groups is 3. The summed E-state index contributed by atoms with van der Waals surface area (Å²) in [6, 6.07) is 0. The number of thioether (sulfide) groups is 1. The van der Waals surface area contributed by atoms with Crippen molar-refractivity contribution in [3.8, 4) is 0 Å². The molecule has 4 nitrogen and oxygen atoms in total. The minimum atomic E-state index is -0.822. The Labute approximate surface area is 55.0 Å². The molecule has 9 heavy (non-hydrogen) atoms. The van der Waals surface area contributed by atoms with Crippen LogP contribution in [0.2, 0.25) is 0 Å². The van der Waals surface area contributed by atoms with Gasteiger partial charge in [-0.3, -0.25) is 14.9 Å². The Morgan fingerprint density at radius 3 is 2.44 bits per heavy atom. The molecule has 1 aliphatic rings. The molecule has 1 fully saturated rings. The molecule has 48 valence electrons. The monoisotopic (exact) mass is 145 g/mol. The third-order valence-electron chi connectivity index (χ3n) is 0.841. The highest BCUT2D eigenvalue weighted by molar-refractivity contribution is 8.15. The third kappa shape index (κ3) is 1.10. The summed E-state index contributed by atoms with van der Waals surface area (Å²) in [5.74, 6) is -0.514. The molecule has 0 bridgehead atoms. The van der Waals surface area contributed by atoms with Gasteiger partial charge in [-0.25, -0.2) is 0 Å². The third-order valence-corrected chi connectivity index (χ3v) is 1.74. The zero-order chi connectivity index (χ0) is 6.85. The maximum Gasteiger partial charge on any atom is 0.286 e. The van der Waals surface area contributed by atoms with Gasteiger partial charge < -0.3 is 4.79 Å².